The number of amides is 3. The number of thioether (sulfide) groups is 1. The average molecular weight is 413 g/mol. The third kappa shape index (κ3) is 4.29. The Hall–Kier alpha value is -3.20. The number of nitrogens with zero attached hydrogens (tertiary/aromatic N) is 2. The summed E-state index contributed by atoms with van der Waals surface area (Å²) in [6.45, 7) is 3.96. The molecule has 1 aliphatic heterocycles. The number of nitro benzene ring substituents is 1. The lowest BCUT2D eigenvalue weighted by atomic mass is 10.1. The number of carbonyl (C=O) groups excluding carboxylic acids is 3. The molecule has 2 aromatic rings. The van der Waals surface area contributed by atoms with Crippen molar-refractivity contribution in [1.29, 1.82) is 0 Å². The zero-order chi connectivity index (χ0) is 21.1. The maximum Gasteiger partial charge on any atom is 0.282 e. The summed E-state index contributed by atoms with van der Waals surface area (Å²) in [5.41, 5.74) is 1.65. The Morgan fingerprint density at radius 3 is 2.59 bits per heavy atom. The number of benzene rings is 2. The molecule has 0 atom stereocenters. The molecule has 0 radical (unpaired) electrons. The highest BCUT2D eigenvalue weighted by Crippen LogP contribution is 2.30. The van der Waals surface area contributed by atoms with Crippen molar-refractivity contribution < 1.29 is 19.3 Å². The van der Waals surface area contributed by atoms with E-state index in [1.165, 1.54) is 23.3 Å². The Kier molecular flexibility index (Phi) is 5.97. The van der Waals surface area contributed by atoms with Crippen molar-refractivity contribution in [2.75, 3.05) is 18.8 Å². The number of hydrogen-bond donors (Lipinski definition) is 1. The van der Waals surface area contributed by atoms with E-state index in [0.29, 0.717) is 12.3 Å². The van der Waals surface area contributed by atoms with Crippen LogP contribution in [0.3, 0.4) is 0 Å². The third-order valence-electron chi connectivity index (χ3n) is 4.65. The number of carbonyl (C=O) groups is 3. The first-order valence-electron chi connectivity index (χ1n) is 8.90. The van der Waals surface area contributed by atoms with Gasteiger partial charge < -0.3 is 5.32 Å². The van der Waals surface area contributed by atoms with E-state index in [4.69, 9.17) is 0 Å². The van der Waals surface area contributed by atoms with Gasteiger partial charge in [-0.3, -0.25) is 29.4 Å². The van der Waals surface area contributed by atoms with Crippen molar-refractivity contribution in [1.82, 2.24) is 10.2 Å². The van der Waals surface area contributed by atoms with Gasteiger partial charge in [-0.2, -0.15) is 0 Å². The summed E-state index contributed by atoms with van der Waals surface area (Å²) in [5.74, 6) is -1.39. The van der Waals surface area contributed by atoms with Crippen molar-refractivity contribution in [3.8, 4) is 0 Å². The molecule has 0 saturated heterocycles. The van der Waals surface area contributed by atoms with Gasteiger partial charge in [0.25, 0.3) is 17.5 Å². The molecule has 1 aliphatic rings. The quantitative estimate of drug-likeness (QED) is 0.246. The van der Waals surface area contributed by atoms with Crippen molar-refractivity contribution in [2.24, 2.45) is 0 Å². The van der Waals surface area contributed by atoms with Gasteiger partial charge in [-0.1, -0.05) is 12.1 Å². The number of nitro groups is 1. The molecule has 0 unspecified atom stereocenters. The first kappa shape index (κ1) is 20.5. The first-order chi connectivity index (χ1) is 13.8. The van der Waals surface area contributed by atoms with E-state index in [1.807, 2.05) is 26.0 Å². The molecule has 3 rings (SSSR count). The third-order valence-corrected chi connectivity index (χ3v) is 5.64. The number of nitrogens with one attached hydrogen (secondary N) is 1. The molecule has 3 amide bonds. The Bertz CT molecular complexity index is 1020. The molecule has 1 heterocycles. The van der Waals surface area contributed by atoms with E-state index in [-0.39, 0.29) is 11.1 Å². The summed E-state index contributed by atoms with van der Waals surface area (Å²) in [6, 6.07) is 9.99. The minimum Gasteiger partial charge on any atom is -0.354 e. The number of hydrogen-bond acceptors (Lipinski definition) is 6. The average Bonchev–Trinajstić information content (AvgIpc) is 2.93. The van der Waals surface area contributed by atoms with Crippen LogP contribution in [0, 0.1) is 24.0 Å². The number of aryl methyl sites for hydroxylation is 2. The Morgan fingerprint density at radius 1 is 1.14 bits per heavy atom. The van der Waals surface area contributed by atoms with Gasteiger partial charge in [0.2, 0.25) is 5.91 Å². The van der Waals surface area contributed by atoms with Crippen LogP contribution >= 0.6 is 11.8 Å². The fourth-order valence-electron chi connectivity index (χ4n) is 2.97. The SMILES string of the molecule is Cc1ccc(SCCNC(=O)CN2C(=O)c3cccc([N+](=O)[O-])c3C2=O)cc1C. The summed E-state index contributed by atoms with van der Waals surface area (Å²) < 4.78 is 0. The molecule has 0 saturated carbocycles. The minimum atomic E-state index is -0.822. The van der Waals surface area contributed by atoms with E-state index in [0.717, 1.165) is 15.9 Å². The summed E-state index contributed by atoms with van der Waals surface area (Å²) in [4.78, 5) is 49.3. The van der Waals surface area contributed by atoms with Crippen LogP contribution in [0.1, 0.15) is 31.8 Å². The van der Waals surface area contributed by atoms with E-state index in [2.05, 4.69) is 11.4 Å². The molecule has 0 fully saturated rings. The Balaban J connectivity index is 1.55. The van der Waals surface area contributed by atoms with Crippen molar-refractivity contribution in [2.45, 2.75) is 18.7 Å². The summed E-state index contributed by atoms with van der Waals surface area (Å²) in [7, 11) is 0. The largest absolute Gasteiger partial charge is 0.354 e. The molecule has 8 nitrogen and oxygen atoms in total. The second-order valence-electron chi connectivity index (χ2n) is 6.60. The maximum atomic E-state index is 12.5. The number of rotatable bonds is 7. The van der Waals surface area contributed by atoms with Crippen LogP contribution in [0.4, 0.5) is 5.69 Å². The second-order valence-corrected chi connectivity index (χ2v) is 7.77. The highest BCUT2D eigenvalue weighted by atomic mass is 32.2. The Labute approximate surface area is 171 Å². The highest BCUT2D eigenvalue weighted by molar-refractivity contribution is 7.99. The van der Waals surface area contributed by atoms with E-state index < -0.39 is 34.9 Å². The minimum absolute atomic E-state index is 0.0534. The second kappa shape index (κ2) is 8.44. The number of fused-ring (bicyclic) bond motifs is 1. The normalized spacial score (nSPS) is 12.8. The molecular formula is C20H19N3O5S. The molecule has 9 heteroatoms. The van der Waals surface area contributed by atoms with Gasteiger partial charge >= 0.3 is 0 Å². The highest BCUT2D eigenvalue weighted by Gasteiger charge is 2.41. The molecule has 0 aromatic heterocycles. The molecule has 0 spiro atoms. The standard InChI is InChI=1S/C20H19N3O5S/c1-12-6-7-14(10-13(12)2)29-9-8-21-17(24)11-22-19(25)15-4-3-5-16(23(27)28)18(15)20(22)26/h3-7,10H,8-9,11H2,1-2H3,(H,21,24). The van der Waals surface area contributed by atoms with Gasteiger partial charge in [-0.05, 0) is 43.2 Å². The van der Waals surface area contributed by atoms with Crippen molar-refractivity contribution >= 4 is 35.2 Å². The van der Waals surface area contributed by atoms with Crippen LogP contribution < -0.4 is 5.32 Å². The predicted molar refractivity (Wildman–Crippen MR) is 108 cm³/mol. The van der Waals surface area contributed by atoms with Crippen LogP contribution in [-0.2, 0) is 4.79 Å². The monoisotopic (exact) mass is 413 g/mol. The predicted octanol–water partition coefficient (Wildman–Crippen LogP) is 2.72. The topological polar surface area (TPSA) is 110 Å². The molecule has 150 valence electrons. The fraction of sp³-hybridized carbons (Fsp3) is 0.250. The zero-order valence-electron chi connectivity index (χ0n) is 15.9. The molecule has 29 heavy (non-hydrogen) atoms. The lowest BCUT2D eigenvalue weighted by molar-refractivity contribution is -0.385. The van der Waals surface area contributed by atoms with E-state index in [1.54, 1.807) is 11.8 Å². The number of imide groups is 1. The van der Waals surface area contributed by atoms with Gasteiger partial charge in [-0.25, -0.2) is 0 Å². The molecule has 2 aromatic carbocycles. The fourth-order valence-corrected chi connectivity index (χ4v) is 3.84. The summed E-state index contributed by atoms with van der Waals surface area (Å²) >= 11 is 1.59. The molecule has 0 aliphatic carbocycles. The molecule has 1 N–H and O–H groups in total. The lowest BCUT2D eigenvalue weighted by Crippen LogP contribution is -2.41. The van der Waals surface area contributed by atoms with Gasteiger partial charge in [0, 0.05) is 23.3 Å². The maximum absolute atomic E-state index is 12.5. The molecule has 0 bridgehead atoms. The molecular weight excluding hydrogens is 394 g/mol. The Morgan fingerprint density at radius 2 is 1.90 bits per heavy atom. The van der Waals surface area contributed by atoms with Crippen molar-refractivity contribution in [3.63, 3.8) is 0 Å². The van der Waals surface area contributed by atoms with Crippen LogP contribution in [-0.4, -0.2) is 46.4 Å². The van der Waals surface area contributed by atoms with Gasteiger partial charge in [0.05, 0.1) is 10.5 Å². The van der Waals surface area contributed by atoms with Gasteiger partial charge in [0.15, 0.2) is 0 Å². The van der Waals surface area contributed by atoms with Crippen LogP contribution in [0.25, 0.3) is 0 Å². The summed E-state index contributed by atoms with van der Waals surface area (Å²) in [5, 5.41) is 13.8. The smallest absolute Gasteiger partial charge is 0.282 e. The van der Waals surface area contributed by atoms with E-state index >= 15 is 0 Å². The van der Waals surface area contributed by atoms with Crippen molar-refractivity contribution in [3.05, 3.63) is 68.8 Å². The van der Waals surface area contributed by atoms with Crippen LogP contribution in [0.15, 0.2) is 41.3 Å². The van der Waals surface area contributed by atoms with Crippen LogP contribution in [0.2, 0.25) is 0 Å². The summed E-state index contributed by atoms with van der Waals surface area (Å²) in [6.07, 6.45) is 0. The van der Waals surface area contributed by atoms with Gasteiger partial charge in [0.1, 0.15) is 12.1 Å². The van der Waals surface area contributed by atoms with Gasteiger partial charge in [-0.15, -0.1) is 11.8 Å². The zero-order valence-corrected chi connectivity index (χ0v) is 16.7. The first-order valence-corrected chi connectivity index (χ1v) is 9.88. The van der Waals surface area contributed by atoms with Crippen LogP contribution in [0.5, 0.6) is 0 Å². The lowest BCUT2D eigenvalue weighted by Gasteiger charge is -2.13. The van der Waals surface area contributed by atoms with E-state index in [9.17, 15) is 24.5 Å².